The largest absolute Gasteiger partial charge is 0.504 e. The van der Waals surface area contributed by atoms with Gasteiger partial charge in [0.05, 0.1) is 17.8 Å². The SMILES string of the molecule is CCCC(Oc1ccc2c(c1)C(c1ccc(Cl)cc1)=N[C@@H](CC(=O)NCC)c1nnc(C)n1-2)C(=O)Nc1ccc(O)c(O)c1. The van der Waals surface area contributed by atoms with Gasteiger partial charge >= 0.3 is 0 Å². The Morgan fingerprint density at radius 1 is 1.02 bits per heavy atom. The Bertz CT molecular complexity index is 1720. The van der Waals surface area contributed by atoms with E-state index in [1.165, 1.54) is 18.2 Å². The first-order chi connectivity index (χ1) is 21.2. The van der Waals surface area contributed by atoms with Crippen molar-refractivity contribution >= 4 is 34.8 Å². The van der Waals surface area contributed by atoms with Crippen LogP contribution in [0.5, 0.6) is 17.2 Å². The molecule has 228 valence electrons. The second kappa shape index (κ2) is 13.2. The molecule has 1 unspecified atom stereocenters. The summed E-state index contributed by atoms with van der Waals surface area (Å²) in [7, 11) is 0. The van der Waals surface area contributed by atoms with E-state index in [1.807, 2.05) is 49.6 Å². The van der Waals surface area contributed by atoms with Crippen LogP contribution in [0.2, 0.25) is 5.02 Å². The molecule has 0 bridgehead atoms. The maximum atomic E-state index is 13.3. The van der Waals surface area contributed by atoms with Crippen LogP contribution in [0.3, 0.4) is 0 Å². The first-order valence-electron chi connectivity index (χ1n) is 14.3. The van der Waals surface area contributed by atoms with Gasteiger partial charge in [0.2, 0.25) is 5.91 Å². The molecule has 0 radical (unpaired) electrons. The standard InChI is InChI=1S/C32H33ClN6O5/c1-4-6-28(32(43)35-21-11-14-26(40)27(41)15-21)44-22-12-13-25-23(16-22)30(19-7-9-20(33)10-8-19)36-24(17-29(42)34-5-2)31-38-37-18(3)39(25)31/h7-16,24,28,40-41H,4-6,17H2,1-3H3,(H,34,42)(H,35,43)/t24-,28?/m0/s1. The maximum absolute atomic E-state index is 13.3. The van der Waals surface area contributed by atoms with Gasteiger partial charge in [-0.2, -0.15) is 0 Å². The number of aromatic hydroxyl groups is 2. The number of hydrogen-bond donors (Lipinski definition) is 4. The summed E-state index contributed by atoms with van der Waals surface area (Å²) >= 11 is 6.21. The molecule has 44 heavy (non-hydrogen) atoms. The first kappa shape index (κ1) is 30.6. The lowest BCUT2D eigenvalue weighted by atomic mass is 10.00. The van der Waals surface area contributed by atoms with E-state index in [2.05, 4.69) is 20.8 Å². The summed E-state index contributed by atoms with van der Waals surface area (Å²) in [5, 5.41) is 34.3. The number of anilines is 1. The molecule has 3 aromatic carbocycles. The number of carbonyl (C=O) groups is 2. The fourth-order valence-electron chi connectivity index (χ4n) is 5.06. The van der Waals surface area contributed by atoms with Crippen LogP contribution in [0.1, 0.15) is 61.9 Å². The third kappa shape index (κ3) is 6.52. The van der Waals surface area contributed by atoms with Crippen LogP contribution in [0.4, 0.5) is 5.69 Å². The Morgan fingerprint density at radius 3 is 2.50 bits per heavy atom. The second-order valence-corrected chi connectivity index (χ2v) is 10.8. The highest BCUT2D eigenvalue weighted by Crippen LogP contribution is 2.35. The molecular formula is C32H33ClN6O5. The normalized spacial score (nSPS) is 14.5. The number of phenolic OH excluding ortho intramolecular Hbond substituents is 2. The van der Waals surface area contributed by atoms with Crippen LogP contribution >= 0.6 is 11.6 Å². The number of ether oxygens (including phenoxy) is 1. The molecule has 0 aliphatic carbocycles. The van der Waals surface area contributed by atoms with Crippen molar-refractivity contribution in [3.8, 4) is 22.9 Å². The Kier molecular flexibility index (Phi) is 9.15. The number of aliphatic imine (C=N–C) groups is 1. The molecule has 5 rings (SSSR count). The van der Waals surface area contributed by atoms with Gasteiger partial charge < -0.3 is 25.6 Å². The molecule has 2 heterocycles. The Balaban J connectivity index is 1.56. The minimum Gasteiger partial charge on any atom is -0.504 e. The van der Waals surface area contributed by atoms with Gasteiger partial charge in [0.25, 0.3) is 5.91 Å². The number of hydrogen-bond acceptors (Lipinski definition) is 8. The number of nitrogens with zero attached hydrogens (tertiary/aromatic N) is 4. The number of aromatic nitrogens is 3. The number of halogens is 1. The van der Waals surface area contributed by atoms with E-state index >= 15 is 0 Å². The lowest BCUT2D eigenvalue weighted by molar-refractivity contribution is -0.123. The highest BCUT2D eigenvalue weighted by Gasteiger charge is 2.30. The minimum atomic E-state index is -0.853. The van der Waals surface area contributed by atoms with Crippen molar-refractivity contribution in [2.75, 3.05) is 11.9 Å². The molecule has 4 aromatic rings. The van der Waals surface area contributed by atoms with Crippen LogP contribution in [-0.4, -0.2) is 55.2 Å². The number of aryl methyl sites for hydroxylation is 1. The molecule has 1 aliphatic heterocycles. The molecule has 0 spiro atoms. The van der Waals surface area contributed by atoms with Gasteiger partial charge in [-0.3, -0.25) is 19.1 Å². The molecule has 0 fully saturated rings. The lowest BCUT2D eigenvalue weighted by Gasteiger charge is -2.20. The van der Waals surface area contributed by atoms with E-state index in [-0.39, 0.29) is 23.8 Å². The summed E-state index contributed by atoms with van der Waals surface area (Å²) in [6.07, 6.45) is 0.320. The molecule has 12 heteroatoms. The highest BCUT2D eigenvalue weighted by molar-refractivity contribution is 6.30. The fourth-order valence-corrected chi connectivity index (χ4v) is 5.19. The van der Waals surface area contributed by atoms with E-state index in [9.17, 15) is 19.8 Å². The van der Waals surface area contributed by atoms with Crippen molar-refractivity contribution in [2.24, 2.45) is 4.99 Å². The van der Waals surface area contributed by atoms with Gasteiger partial charge in [-0.25, -0.2) is 0 Å². The monoisotopic (exact) mass is 616 g/mol. The van der Waals surface area contributed by atoms with Crippen molar-refractivity contribution in [2.45, 2.75) is 52.2 Å². The Hall–Kier alpha value is -4.90. The summed E-state index contributed by atoms with van der Waals surface area (Å²) in [6, 6.07) is 16.2. The average Bonchev–Trinajstić information content (AvgIpc) is 3.32. The summed E-state index contributed by atoms with van der Waals surface area (Å²) < 4.78 is 8.16. The predicted molar refractivity (Wildman–Crippen MR) is 167 cm³/mol. The van der Waals surface area contributed by atoms with Crippen LogP contribution in [0.25, 0.3) is 5.69 Å². The van der Waals surface area contributed by atoms with Crippen LogP contribution in [-0.2, 0) is 9.59 Å². The molecule has 0 saturated heterocycles. The summed E-state index contributed by atoms with van der Waals surface area (Å²) in [4.78, 5) is 31.1. The van der Waals surface area contributed by atoms with Crippen molar-refractivity contribution in [1.29, 1.82) is 0 Å². The lowest BCUT2D eigenvalue weighted by Crippen LogP contribution is -2.33. The smallest absolute Gasteiger partial charge is 0.265 e. The van der Waals surface area contributed by atoms with E-state index in [0.717, 1.165) is 11.3 Å². The summed E-state index contributed by atoms with van der Waals surface area (Å²) in [5.74, 6) is 0.405. The molecule has 1 aliphatic rings. The van der Waals surface area contributed by atoms with Gasteiger partial charge in [0.1, 0.15) is 17.6 Å². The highest BCUT2D eigenvalue weighted by atomic mass is 35.5. The van der Waals surface area contributed by atoms with E-state index < -0.39 is 18.1 Å². The first-order valence-corrected chi connectivity index (χ1v) is 14.7. The van der Waals surface area contributed by atoms with Gasteiger partial charge in [-0.05, 0) is 62.7 Å². The number of phenols is 2. The van der Waals surface area contributed by atoms with E-state index in [1.54, 1.807) is 18.2 Å². The zero-order chi connectivity index (χ0) is 31.4. The van der Waals surface area contributed by atoms with Gasteiger partial charge in [-0.1, -0.05) is 37.1 Å². The maximum Gasteiger partial charge on any atom is 0.265 e. The second-order valence-electron chi connectivity index (χ2n) is 10.4. The number of carbonyl (C=O) groups excluding carboxylic acids is 2. The van der Waals surface area contributed by atoms with E-state index in [0.29, 0.717) is 58.8 Å². The molecule has 11 nitrogen and oxygen atoms in total. The number of rotatable bonds is 10. The molecule has 2 amide bonds. The average molecular weight is 617 g/mol. The third-order valence-corrected chi connectivity index (χ3v) is 7.38. The quantitative estimate of drug-likeness (QED) is 0.140. The molecule has 0 saturated carbocycles. The molecular weight excluding hydrogens is 584 g/mol. The van der Waals surface area contributed by atoms with Gasteiger partial charge in [0, 0.05) is 34.4 Å². The molecule has 4 N–H and O–H groups in total. The topological polar surface area (TPSA) is 151 Å². The minimum absolute atomic E-state index is 0.0754. The summed E-state index contributed by atoms with van der Waals surface area (Å²) in [6.45, 7) is 6.14. The predicted octanol–water partition coefficient (Wildman–Crippen LogP) is 5.24. The fraction of sp³-hybridized carbons (Fsp3) is 0.281. The molecule has 1 aromatic heterocycles. The van der Waals surface area contributed by atoms with Crippen molar-refractivity contribution < 1.29 is 24.5 Å². The number of benzene rings is 3. The van der Waals surface area contributed by atoms with Crippen LogP contribution < -0.4 is 15.4 Å². The third-order valence-electron chi connectivity index (χ3n) is 7.13. The van der Waals surface area contributed by atoms with E-state index in [4.69, 9.17) is 21.3 Å². The van der Waals surface area contributed by atoms with Crippen LogP contribution in [0, 0.1) is 6.92 Å². The van der Waals surface area contributed by atoms with Crippen LogP contribution in [0.15, 0.2) is 65.7 Å². The zero-order valence-electron chi connectivity index (χ0n) is 24.5. The summed E-state index contributed by atoms with van der Waals surface area (Å²) in [5.41, 5.74) is 3.16. The van der Waals surface area contributed by atoms with Gasteiger partial charge in [-0.15, -0.1) is 10.2 Å². The van der Waals surface area contributed by atoms with Crippen molar-refractivity contribution in [1.82, 2.24) is 20.1 Å². The number of fused-ring (bicyclic) bond motifs is 3. The number of amides is 2. The number of nitrogens with one attached hydrogen (secondary N) is 2. The Morgan fingerprint density at radius 2 is 1.80 bits per heavy atom. The zero-order valence-corrected chi connectivity index (χ0v) is 25.3. The van der Waals surface area contributed by atoms with Crippen molar-refractivity contribution in [3.63, 3.8) is 0 Å². The molecule has 2 atom stereocenters. The Labute approximate surface area is 259 Å². The van der Waals surface area contributed by atoms with Crippen molar-refractivity contribution in [3.05, 3.63) is 88.5 Å². The van der Waals surface area contributed by atoms with Gasteiger partial charge in [0.15, 0.2) is 23.4 Å².